The smallest absolute Gasteiger partial charge is 0.164 e. The Labute approximate surface area is 291 Å². The van der Waals surface area contributed by atoms with Crippen LogP contribution in [0.4, 0.5) is 0 Å². The predicted octanol–water partition coefficient (Wildman–Crippen LogP) is 12.2. The highest BCUT2D eigenvalue weighted by Gasteiger charge is 2.19. The molecule has 50 heavy (non-hydrogen) atoms. The van der Waals surface area contributed by atoms with Gasteiger partial charge in [-0.2, -0.15) is 0 Å². The first kappa shape index (κ1) is 29.4. The highest BCUT2D eigenvalue weighted by molar-refractivity contribution is 6.21. The molecule has 0 atom stereocenters. The SMILES string of the molecule is c1ccc(-c2ccc(-c3nc(-c4ccccc4)nc(-c4ccc5c(-c6ccccc6)c6ccccc6c(-c6ccccc6)c5c4)n3)cc2)cc1. The quantitative estimate of drug-likeness (QED) is 0.170. The van der Waals surface area contributed by atoms with Crippen molar-refractivity contribution in [3.05, 3.63) is 188 Å². The molecule has 3 heteroatoms. The summed E-state index contributed by atoms with van der Waals surface area (Å²) in [5, 5.41) is 4.78. The number of hydrogen-bond donors (Lipinski definition) is 0. The summed E-state index contributed by atoms with van der Waals surface area (Å²) in [4.78, 5) is 15.2. The highest BCUT2D eigenvalue weighted by Crippen LogP contribution is 2.44. The Balaban J connectivity index is 1.28. The van der Waals surface area contributed by atoms with Crippen molar-refractivity contribution in [2.45, 2.75) is 0 Å². The van der Waals surface area contributed by atoms with Crippen molar-refractivity contribution in [1.29, 1.82) is 0 Å². The van der Waals surface area contributed by atoms with Crippen LogP contribution in [0.1, 0.15) is 0 Å². The molecule has 1 heterocycles. The maximum absolute atomic E-state index is 5.13. The minimum absolute atomic E-state index is 0.635. The average Bonchev–Trinajstić information content (AvgIpc) is 3.21. The van der Waals surface area contributed by atoms with Gasteiger partial charge in [-0.1, -0.05) is 182 Å². The standard InChI is InChI=1S/C47H31N3/c1-5-15-32(16-6-1)33-25-27-37(28-26-33)46-48-45(36-21-11-4-12-22-36)49-47(50-46)38-29-30-41-42(31-38)44(35-19-9-3-10-20-35)40-24-14-13-23-39(40)43(41)34-17-7-2-8-18-34/h1-31H. The Morgan fingerprint density at radius 2 is 0.540 bits per heavy atom. The van der Waals surface area contributed by atoms with E-state index in [1.807, 2.05) is 36.4 Å². The van der Waals surface area contributed by atoms with Gasteiger partial charge in [0.15, 0.2) is 17.5 Å². The van der Waals surface area contributed by atoms with Crippen molar-refractivity contribution < 1.29 is 0 Å². The molecule has 1 aromatic heterocycles. The molecule has 3 nitrogen and oxygen atoms in total. The largest absolute Gasteiger partial charge is 0.208 e. The van der Waals surface area contributed by atoms with Gasteiger partial charge in [-0.15, -0.1) is 0 Å². The van der Waals surface area contributed by atoms with Crippen LogP contribution in [0, 0.1) is 0 Å². The molecular formula is C47H31N3. The van der Waals surface area contributed by atoms with Crippen LogP contribution in [0.15, 0.2) is 188 Å². The third-order valence-electron chi connectivity index (χ3n) is 9.32. The van der Waals surface area contributed by atoms with E-state index in [1.54, 1.807) is 0 Å². The molecule has 8 aromatic carbocycles. The second kappa shape index (κ2) is 12.7. The monoisotopic (exact) mass is 637 g/mol. The highest BCUT2D eigenvalue weighted by atomic mass is 15.0. The summed E-state index contributed by atoms with van der Waals surface area (Å²) in [6, 6.07) is 65.8. The number of benzene rings is 8. The zero-order valence-corrected chi connectivity index (χ0v) is 27.2. The van der Waals surface area contributed by atoms with Gasteiger partial charge in [0.25, 0.3) is 0 Å². The number of nitrogens with zero attached hydrogens (tertiary/aromatic N) is 3. The van der Waals surface area contributed by atoms with E-state index in [-0.39, 0.29) is 0 Å². The van der Waals surface area contributed by atoms with E-state index in [0.29, 0.717) is 17.5 Å². The summed E-state index contributed by atoms with van der Waals surface area (Å²) >= 11 is 0. The van der Waals surface area contributed by atoms with Crippen LogP contribution >= 0.6 is 0 Å². The summed E-state index contributed by atoms with van der Waals surface area (Å²) < 4.78 is 0. The van der Waals surface area contributed by atoms with Gasteiger partial charge in [0.2, 0.25) is 0 Å². The Bertz CT molecular complexity index is 2600. The molecule has 0 amide bonds. The number of fused-ring (bicyclic) bond motifs is 2. The zero-order valence-electron chi connectivity index (χ0n) is 27.2. The fraction of sp³-hybridized carbons (Fsp3) is 0. The molecule has 0 aliphatic rings. The lowest BCUT2D eigenvalue weighted by molar-refractivity contribution is 1.07. The van der Waals surface area contributed by atoms with Crippen molar-refractivity contribution in [2.75, 3.05) is 0 Å². The summed E-state index contributed by atoms with van der Waals surface area (Å²) in [6.45, 7) is 0. The Hall–Kier alpha value is -6.71. The normalized spacial score (nSPS) is 11.2. The molecule has 0 spiro atoms. The first-order valence-corrected chi connectivity index (χ1v) is 16.9. The molecule has 0 aliphatic carbocycles. The van der Waals surface area contributed by atoms with Gasteiger partial charge in [-0.3, -0.25) is 0 Å². The van der Waals surface area contributed by atoms with Crippen molar-refractivity contribution in [3.8, 4) is 67.5 Å². The van der Waals surface area contributed by atoms with E-state index >= 15 is 0 Å². The first-order chi connectivity index (χ1) is 24.8. The second-order valence-electron chi connectivity index (χ2n) is 12.4. The third kappa shape index (κ3) is 5.41. The first-order valence-electron chi connectivity index (χ1n) is 16.9. The molecule has 0 saturated carbocycles. The summed E-state index contributed by atoms with van der Waals surface area (Å²) in [6.07, 6.45) is 0. The molecule has 0 radical (unpaired) electrons. The summed E-state index contributed by atoms with van der Waals surface area (Å²) in [7, 11) is 0. The minimum atomic E-state index is 0.635. The van der Waals surface area contributed by atoms with E-state index in [4.69, 9.17) is 15.0 Å². The summed E-state index contributed by atoms with van der Waals surface area (Å²) in [5.41, 5.74) is 9.93. The second-order valence-corrected chi connectivity index (χ2v) is 12.4. The molecule has 0 fully saturated rings. The van der Waals surface area contributed by atoms with E-state index in [0.717, 1.165) is 27.6 Å². The maximum atomic E-state index is 5.13. The molecule has 0 unspecified atom stereocenters. The fourth-order valence-corrected chi connectivity index (χ4v) is 6.94. The van der Waals surface area contributed by atoms with Gasteiger partial charge in [0.05, 0.1) is 0 Å². The fourth-order valence-electron chi connectivity index (χ4n) is 6.94. The lowest BCUT2D eigenvalue weighted by atomic mass is 9.85. The van der Waals surface area contributed by atoms with Crippen LogP contribution in [-0.4, -0.2) is 15.0 Å². The molecule has 0 saturated heterocycles. The van der Waals surface area contributed by atoms with E-state index in [2.05, 4.69) is 152 Å². The minimum Gasteiger partial charge on any atom is -0.208 e. The topological polar surface area (TPSA) is 38.7 Å². The van der Waals surface area contributed by atoms with Gasteiger partial charge in [-0.05, 0) is 61.0 Å². The Morgan fingerprint density at radius 1 is 0.220 bits per heavy atom. The summed E-state index contributed by atoms with van der Waals surface area (Å²) in [5.74, 6) is 1.92. The van der Waals surface area contributed by atoms with Crippen molar-refractivity contribution in [3.63, 3.8) is 0 Å². The number of rotatable bonds is 6. The van der Waals surface area contributed by atoms with Gasteiger partial charge in [0, 0.05) is 16.7 Å². The lowest BCUT2D eigenvalue weighted by Crippen LogP contribution is -2.00. The Morgan fingerprint density at radius 3 is 1.06 bits per heavy atom. The average molecular weight is 638 g/mol. The number of hydrogen-bond acceptors (Lipinski definition) is 3. The molecule has 9 rings (SSSR count). The molecule has 0 bridgehead atoms. The van der Waals surface area contributed by atoms with Crippen LogP contribution in [0.25, 0.3) is 89.1 Å². The molecule has 234 valence electrons. The molecule has 0 aliphatic heterocycles. The Kier molecular flexibility index (Phi) is 7.49. The van der Waals surface area contributed by atoms with Crippen molar-refractivity contribution >= 4 is 21.5 Å². The maximum Gasteiger partial charge on any atom is 0.164 e. The van der Waals surface area contributed by atoms with Gasteiger partial charge in [-0.25, -0.2) is 15.0 Å². The lowest BCUT2D eigenvalue weighted by Gasteiger charge is -2.18. The van der Waals surface area contributed by atoms with Crippen LogP contribution in [0.5, 0.6) is 0 Å². The van der Waals surface area contributed by atoms with Crippen LogP contribution < -0.4 is 0 Å². The molecule has 0 N–H and O–H groups in total. The van der Waals surface area contributed by atoms with Gasteiger partial charge < -0.3 is 0 Å². The predicted molar refractivity (Wildman–Crippen MR) is 207 cm³/mol. The number of aromatic nitrogens is 3. The van der Waals surface area contributed by atoms with Crippen LogP contribution in [-0.2, 0) is 0 Å². The zero-order chi connectivity index (χ0) is 33.3. The van der Waals surface area contributed by atoms with Crippen molar-refractivity contribution in [1.82, 2.24) is 15.0 Å². The molecule has 9 aromatic rings. The molecular weight excluding hydrogens is 607 g/mol. The van der Waals surface area contributed by atoms with Crippen LogP contribution in [0.3, 0.4) is 0 Å². The van der Waals surface area contributed by atoms with E-state index < -0.39 is 0 Å². The third-order valence-corrected chi connectivity index (χ3v) is 9.32. The van der Waals surface area contributed by atoms with Crippen molar-refractivity contribution in [2.24, 2.45) is 0 Å². The van der Waals surface area contributed by atoms with E-state index in [1.165, 1.54) is 44.0 Å². The van der Waals surface area contributed by atoms with Gasteiger partial charge in [0.1, 0.15) is 0 Å². The van der Waals surface area contributed by atoms with Crippen LogP contribution in [0.2, 0.25) is 0 Å². The van der Waals surface area contributed by atoms with E-state index in [9.17, 15) is 0 Å². The van der Waals surface area contributed by atoms with Gasteiger partial charge >= 0.3 is 0 Å².